The molecule has 2 aromatic carbocycles. The molecule has 142 valence electrons. The van der Waals surface area contributed by atoms with Gasteiger partial charge in [-0.2, -0.15) is 0 Å². The smallest absolute Gasteiger partial charge is 0.329 e. The second-order valence-electron chi connectivity index (χ2n) is 7.00. The molecule has 0 amide bonds. The van der Waals surface area contributed by atoms with Gasteiger partial charge in [0, 0.05) is 10.6 Å². The van der Waals surface area contributed by atoms with E-state index in [1.54, 1.807) is 0 Å². The monoisotopic (exact) mass is 386 g/mol. The van der Waals surface area contributed by atoms with Crippen molar-refractivity contribution in [2.45, 2.75) is 31.8 Å². The summed E-state index contributed by atoms with van der Waals surface area (Å²) in [6.07, 6.45) is 1.76. The number of aliphatic carboxylic acids is 1. The Morgan fingerprint density at radius 2 is 1.89 bits per heavy atom. The average Bonchev–Trinajstić information content (AvgIpc) is 2.59. The van der Waals surface area contributed by atoms with Gasteiger partial charge >= 0.3 is 5.97 Å². The van der Waals surface area contributed by atoms with Crippen LogP contribution in [-0.2, 0) is 9.53 Å². The van der Waals surface area contributed by atoms with Gasteiger partial charge in [-0.3, -0.25) is 0 Å². The molecular formula is C22H23ClO4. The van der Waals surface area contributed by atoms with E-state index in [9.17, 15) is 4.79 Å². The van der Waals surface area contributed by atoms with Crippen LogP contribution in [0.1, 0.15) is 31.2 Å². The van der Waals surface area contributed by atoms with Crippen molar-refractivity contribution in [3.63, 3.8) is 0 Å². The Balaban J connectivity index is 1.68. The number of halogens is 1. The Bertz CT molecular complexity index is 823. The fourth-order valence-electron chi connectivity index (χ4n) is 3.15. The predicted molar refractivity (Wildman–Crippen MR) is 107 cm³/mol. The number of carboxylic acid groups (broad SMARTS) is 1. The van der Waals surface area contributed by atoms with E-state index in [1.165, 1.54) is 5.56 Å². The van der Waals surface area contributed by atoms with Crippen LogP contribution in [-0.4, -0.2) is 30.4 Å². The Morgan fingerprint density at radius 3 is 2.52 bits per heavy atom. The maximum absolute atomic E-state index is 10.6. The molecule has 2 aromatic rings. The molecule has 1 N–H and O–H groups in total. The van der Waals surface area contributed by atoms with Crippen LogP contribution in [0.2, 0.25) is 5.02 Å². The summed E-state index contributed by atoms with van der Waals surface area (Å²) in [5.74, 6) is 0.270. The molecule has 1 aliphatic rings. The van der Waals surface area contributed by atoms with Crippen LogP contribution >= 0.6 is 11.6 Å². The quantitative estimate of drug-likeness (QED) is 0.624. The minimum absolute atomic E-state index is 0.0425. The van der Waals surface area contributed by atoms with Gasteiger partial charge in [0.05, 0.1) is 6.10 Å². The zero-order chi connectivity index (χ0) is 19.4. The molecule has 0 unspecified atom stereocenters. The molecule has 0 heterocycles. The zero-order valence-electron chi connectivity index (χ0n) is 15.3. The topological polar surface area (TPSA) is 55.8 Å². The zero-order valence-corrected chi connectivity index (χ0v) is 16.0. The minimum atomic E-state index is -0.922. The van der Waals surface area contributed by atoms with Gasteiger partial charge in [-0.1, -0.05) is 42.4 Å². The molecule has 3 rings (SSSR count). The van der Waals surface area contributed by atoms with E-state index < -0.39 is 5.97 Å². The van der Waals surface area contributed by atoms with Crippen LogP contribution in [0.4, 0.5) is 0 Å². The first kappa shape index (κ1) is 19.5. The predicted octanol–water partition coefficient (Wildman–Crippen LogP) is 5.31. The standard InChI is InChI=1S/C22H23ClO4/c1-14(2)12-27-21-8-7-18(23)11-20(21)16-5-3-15(4-6-16)17-9-19(10-17)26-13-22(24)25/h3-8,11,17,19H,1,9-10,12-13H2,2H3,(H,24,25). The summed E-state index contributed by atoms with van der Waals surface area (Å²) in [7, 11) is 0. The third-order valence-corrected chi connectivity index (χ3v) is 4.88. The van der Waals surface area contributed by atoms with Crippen LogP contribution in [0, 0.1) is 0 Å². The molecule has 1 saturated carbocycles. The first-order valence-electron chi connectivity index (χ1n) is 8.93. The molecule has 1 aliphatic carbocycles. The highest BCUT2D eigenvalue weighted by atomic mass is 35.5. The van der Waals surface area contributed by atoms with Gasteiger partial charge in [-0.05, 0) is 60.6 Å². The Morgan fingerprint density at radius 1 is 1.19 bits per heavy atom. The first-order chi connectivity index (χ1) is 12.9. The van der Waals surface area contributed by atoms with Crippen molar-refractivity contribution in [3.8, 4) is 16.9 Å². The fourth-order valence-corrected chi connectivity index (χ4v) is 3.32. The summed E-state index contributed by atoms with van der Waals surface area (Å²) in [5, 5.41) is 9.33. The van der Waals surface area contributed by atoms with Crippen molar-refractivity contribution in [1.29, 1.82) is 0 Å². The number of ether oxygens (including phenoxy) is 2. The van der Waals surface area contributed by atoms with E-state index in [0.29, 0.717) is 17.5 Å². The number of benzene rings is 2. The third kappa shape index (κ3) is 5.12. The van der Waals surface area contributed by atoms with Crippen LogP contribution in [0.25, 0.3) is 11.1 Å². The Labute approximate surface area is 164 Å². The van der Waals surface area contributed by atoms with Crippen LogP contribution < -0.4 is 4.74 Å². The van der Waals surface area contributed by atoms with Gasteiger partial charge in [0.25, 0.3) is 0 Å². The lowest BCUT2D eigenvalue weighted by atomic mass is 9.77. The van der Waals surface area contributed by atoms with Gasteiger partial charge in [-0.25, -0.2) is 4.79 Å². The summed E-state index contributed by atoms with van der Waals surface area (Å²) in [4.78, 5) is 10.6. The molecule has 0 saturated heterocycles. The van der Waals surface area contributed by atoms with E-state index in [2.05, 4.69) is 30.8 Å². The molecule has 0 aliphatic heterocycles. The maximum atomic E-state index is 10.6. The lowest BCUT2D eigenvalue weighted by molar-refractivity contribution is -0.146. The van der Waals surface area contributed by atoms with E-state index in [4.69, 9.17) is 26.2 Å². The molecule has 0 aromatic heterocycles. The largest absolute Gasteiger partial charge is 0.489 e. The molecular weight excluding hydrogens is 364 g/mol. The fraction of sp³-hybridized carbons (Fsp3) is 0.318. The van der Waals surface area contributed by atoms with Crippen molar-refractivity contribution >= 4 is 17.6 Å². The summed E-state index contributed by atoms with van der Waals surface area (Å²) >= 11 is 6.18. The average molecular weight is 387 g/mol. The number of rotatable bonds is 8. The van der Waals surface area contributed by atoms with E-state index in [-0.39, 0.29) is 12.7 Å². The lowest BCUT2D eigenvalue weighted by Gasteiger charge is -2.35. The highest BCUT2D eigenvalue weighted by molar-refractivity contribution is 6.31. The molecule has 27 heavy (non-hydrogen) atoms. The van der Waals surface area contributed by atoms with Crippen molar-refractivity contribution < 1.29 is 19.4 Å². The minimum Gasteiger partial charge on any atom is -0.489 e. The van der Waals surface area contributed by atoms with E-state index >= 15 is 0 Å². The van der Waals surface area contributed by atoms with Gasteiger partial charge in [-0.15, -0.1) is 0 Å². The highest BCUT2D eigenvalue weighted by Crippen LogP contribution is 2.40. The number of carboxylic acids is 1. The van der Waals surface area contributed by atoms with Crippen molar-refractivity contribution in [2.75, 3.05) is 13.2 Å². The normalized spacial score (nSPS) is 18.6. The molecule has 0 atom stereocenters. The van der Waals surface area contributed by atoms with Gasteiger partial charge < -0.3 is 14.6 Å². The first-order valence-corrected chi connectivity index (χ1v) is 9.30. The van der Waals surface area contributed by atoms with Crippen LogP contribution in [0.3, 0.4) is 0 Å². The molecule has 5 heteroatoms. The van der Waals surface area contributed by atoms with Crippen molar-refractivity contribution in [2.24, 2.45) is 0 Å². The van der Waals surface area contributed by atoms with Crippen molar-refractivity contribution in [3.05, 3.63) is 65.2 Å². The van der Waals surface area contributed by atoms with Crippen LogP contribution in [0.5, 0.6) is 5.75 Å². The number of hydrogen-bond donors (Lipinski definition) is 1. The molecule has 4 nitrogen and oxygen atoms in total. The Hall–Kier alpha value is -2.30. The number of carbonyl (C=O) groups is 1. The summed E-state index contributed by atoms with van der Waals surface area (Å²) in [6.45, 7) is 6.04. The molecule has 0 radical (unpaired) electrons. The third-order valence-electron chi connectivity index (χ3n) is 4.65. The van der Waals surface area contributed by atoms with Gasteiger partial charge in [0.15, 0.2) is 0 Å². The lowest BCUT2D eigenvalue weighted by Crippen LogP contribution is -2.31. The molecule has 1 fully saturated rings. The summed E-state index contributed by atoms with van der Waals surface area (Å²) in [5.41, 5.74) is 4.18. The SMILES string of the molecule is C=C(C)COc1ccc(Cl)cc1-c1ccc(C2CC(OCC(=O)O)C2)cc1. The molecule has 0 bridgehead atoms. The van der Waals surface area contributed by atoms with E-state index in [0.717, 1.165) is 35.3 Å². The van der Waals surface area contributed by atoms with Crippen LogP contribution in [0.15, 0.2) is 54.6 Å². The van der Waals surface area contributed by atoms with E-state index in [1.807, 2.05) is 25.1 Å². The summed E-state index contributed by atoms with van der Waals surface area (Å²) in [6, 6.07) is 14.0. The summed E-state index contributed by atoms with van der Waals surface area (Å²) < 4.78 is 11.2. The second kappa shape index (κ2) is 8.59. The second-order valence-corrected chi connectivity index (χ2v) is 7.44. The molecule has 0 spiro atoms. The number of hydrogen-bond acceptors (Lipinski definition) is 3. The van der Waals surface area contributed by atoms with Crippen molar-refractivity contribution in [1.82, 2.24) is 0 Å². The maximum Gasteiger partial charge on any atom is 0.329 e. The van der Waals surface area contributed by atoms with Gasteiger partial charge in [0.1, 0.15) is 19.0 Å². The van der Waals surface area contributed by atoms with Gasteiger partial charge in [0.2, 0.25) is 0 Å². The highest BCUT2D eigenvalue weighted by Gasteiger charge is 2.31. The Kier molecular flexibility index (Phi) is 6.19.